The molecule has 1 aromatic carbocycles. The van der Waals surface area contributed by atoms with Crippen molar-refractivity contribution in [1.29, 1.82) is 0 Å². The second-order valence-corrected chi connectivity index (χ2v) is 5.37. The van der Waals surface area contributed by atoms with Crippen LogP contribution in [0, 0.1) is 0 Å². The van der Waals surface area contributed by atoms with E-state index in [9.17, 15) is 0 Å². The van der Waals surface area contributed by atoms with E-state index in [1.54, 1.807) is 24.9 Å². The van der Waals surface area contributed by atoms with Crippen LogP contribution < -0.4 is 20.9 Å². The number of nitrogens with zero attached hydrogens (tertiary/aromatic N) is 1. The van der Waals surface area contributed by atoms with Gasteiger partial charge in [-0.15, -0.1) is 11.8 Å². The molecule has 1 heterocycles. The fourth-order valence-corrected chi connectivity index (χ4v) is 3.36. The van der Waals surface area contributed by atoms with Gasteiger partial charge < -0.3 is 20.9 Å². The molecule has 2 rings (SSSR count). The molecule has 4 N–H and O–H groups in total. The molecule has 0 aromatic heterocycles. The van der Waals surface area contributed by atoms with Crippen LogP contribution in [-0.2, 0) is 0 Å². The first-order valence-corrected chi connectivity index (χ1v) is 7.40. The minimum atomic E-state index is 0.0441. The standard InChI is InChI=1S/C13H21N3O2S/c1-4-16(5-2)10-7-19-13-11(15)9(17-3)6-8(14)12(13)18-10/h6,10H,4-5,7,14-15H2,1-3H3. The molecule has 0 radical (unpaired) electrons. The number of anilines is 2. The lowest BCUT2D eigenvalue weighted by molar-refractivity contribution is 0.0474. The lowest BCUT2D eigenvalue weighted by Crippen LogP contribution is -2.42. The Bertz CT molecular complexity index is 464. The van der Waals surface area contributed by atoms with Crippen LogP contribution in [0.15, 0.2) is 11.0 Å². The highest BCUT2D eigenvalue weighted by atomic mass is 32.2. The highest BCUT2D eigenvalue weighted by Gasteiger charge is 2.28. The zero-order valence-electron chi connectivity index (χ0n) is 11.6. The fourth-order valence-electron chi connectivity index (χ4n) is 2.22. The third kappa shape index (κ3) is 2.55. The maximum absolute atomic E-state index is 6.08. The first kappa shape index (κ1) is 14.1. The summed E-state index contributed by atoms with van der Waals surface area (Å²) in [4.78, 5) is 3.15. The highest BCUT2D eigenvalue weighted by molar-refractivity contribution is 7.99. The highest BCUT2D eigenvalue weighted by Crippen LogP contribution is 2.47. The molecule has 0 saturated carbocycles. The Balaban J connectivity index is 2.33. The van der Waals surface area contributed by atoms with E-state index < -0.39 is 0 Å². The van der Waals surface area contributed by atoms with Crippen molar-refractivity contribution < 1.29 is 9.47 Å². The molecule has 0 amide bonds. The number of thioether (sulfide) groups is 1. The van der Waals surface area contributed by atoms with Crippen molar-refractivity contribution in [3.05, 3.63) is 6.07 Å². The van der Waals surface area contributed by atoms with Crippen molar-refractivity contribution in [2.24, 2.45) is 0 Å². The number of methoxy groups -OCH3 is 1. The third-order valence-electron chi connectivity index (χ3n) is 3.33. The number of nitrogen functional groups attached to an aromatic ring is 2. The van der Waals surface area contributed by atoms with Crippen molar-refractivity contribution in [3.63, 3.8) is 0 Å². The maximum atomic E-state index is 6.08. The number of hydrogen-bond acceptors (Lipinski definition) is 6. The van der Waals surface area contributed by atoms with Gasteiger partial charge in [-0.25, -0.2) is 0 Å². The number of benzene rings is 1. The summed E-state index contributed by atoms with van der Waals surface area (Å²) in [6, 6.07) is 1.72. The van der Waals surface area contributed by atoms with E-state index in [4.69, 9.17) is 20.9 Å². The van der Waals surface area contributed by atoms with Crippen LogP contribution in [0.4, 0.5) is 11.4 Å². The molecule has 0 aliphatic carbocycles. The summed E-state index contributed by atoms with van der Waals surface area (Å²) in [5, 5.41) is 0. The van der Waals surface area contributed by atoms with Gasteiger partial charge in [0.05, 0.1) is 23.4 Å². The van der Waals surface area contributed by atoms with Crippen LogP contribution in [0.3, 0.4) is 0 Å². The van der Waals surface area contributed by atoms with Crippen LogP contribution in [0.5, 0.6) is 11.5 Å². The van der Waals surface area contributed by atoms with Crippen molar-refractivity contribution in [2.75, 3.05) is 37.4 Å². The van der Waals surface area contributed by atoms with E-state index in [0.717, 1.165) is 23.7 Å². The minimum Gasteiger partial charge on any atom is -0.494 e. The summed E-state index contributed by atoms with van der Waals surface area (Å²) in [6.45, 7) is 6.14. The Morgan fingerprint density at radius 2 is 2.11 bits per heavy atom. The van der Waals surface area contributed by atoms with Gasteiger partial charge in [-0.3, -0.25) is 4.90 Å². The molecule has 106 valence electrons. The molecule has 0 saturated heterocycles. The van der Waals surface area contributed by atoms with Gasteiger partial charge in [0.25, 0.3) is 0 Å². The van der Waals surface area contributed by atoms with Crippen LogP contribution in [-0.4, -0.2) is 37.1 Å². The predicted octanol–water partition coefficient (Wildman–Crippen LogP) is 2.01. The summed E-state index contributed by atoms with van der Waals surface area (Å²) >= 11 is 1.67. The Morgan fingerprint density at radius 3 is 2.68 bits per heavy atom. The van der Waals surface area contributed by atoms with E-state index in [1.807, 2.05) is 0 Å². The molecule has 1 aromatic rings. The van der Waals surface area contributed by atoms with Crippen LogP contribution in [0.2, 0.25) is 0 Å². The monoisotopic (exact) mass is 283 g/mol. The summed E-state index contributed by atoms with van der Waals surface area (Å²) in [6.07, 6.45) is 0.0441. The average Bonchev–Trinajstić information content (AvgIpc) is 2.44. The SMILES string of the molecule is CCN(CC)C1CSc2c(N)c(OC)cc(N)c2O1. The van der Waals surface area contributed by atoms with Crippen LogP contribution in [0.25, 0.3) is 0 Å². The molecule has 1 atom stereocenters. The van der Waals surface area contributed by atoms with E-state index in [0.29, 0.717) is 22.9 Å². The van der Waals surface area contributed by atoms with Crippen molar-refractivity contribution >= 4 is 23.1 Å². The second-order valence-electron chi connectivity index (χ2n) is 4.34. The van der Waals surface area contributed by atoms with Gasteiger partial charge in [-0.05, 0) is 13.1 Å². The van der Waals surface area contributed by atoms with Crippen molar-refractivity contribution in [3.8, 4) is 11.5 Å². The number of hydrogen-bond donors (Lipinski definition) is 2. The molecule has 0 spiro atoms. The van der Waals surface area contributed by atoms with Gasteiger partial charge in [0.15, 0.2) is 12.0 Å². The smallest absolute Gasteiger partial charge is 0.162 e. The summed E-state index contributed by atoms with van der Waals surface area (Å²) in [5.41, 5.74) is 13.3. The Morgan fingerprint density at radius 1 is 1.42 bits per heavy atom. The van der Waals surface area contributed by atoms with Gasteiger partial charge in [0.1, 0.15) is 5.75 Å². The predicted molar refractivity (Wildman–Crippen MR) is 79.9 cm³/mol. The van der Waals surface area contributed by atoms with Gasteiger partial charge in [-0.2, -0.15) is 0 Å². The largest absolute Gasteiger partial charge is 0.494 e. The zero-order chi connectivity index (χ0) is 14.0. The van der Waals surface area contributed by atoms with Crippen molar-refractivity contribution in [1.82, 2.24) is 4.90 Å². The van der Waals surface area contributed by atoms with E-state index in [-0.39, 0.29) is 6.23 Å². The summed E-state index contributed by atoms with van der Waals surface area (Å²) < 4.78 is 11.3. The van der Waals surface area contributed by atoms with Crippen LogP contribution in [0.1, 0.15) is 13.8 Å². The lowest BCUT2D eigenvalue weighted by atomic mass is 10.2. The molecule has 1 aliphatic rings. The molecule has 1 unspecified atom stereocenters. The molecule has 19 heavy (non-hydrogen) atoms. The Hall–Kier alpha value is -1.27. The van der Waals surface area contributed by atoms with Crippen LogP contribution >= 0.6 is 11.8 Å². The number of nitrogens with two attached hydrogens (primary N) is 2. The Labute approximate surface area is 118 Å². The van der Waals surface area contributed by atoms with E-state index in [1.165, 1.54) is 0 Å². The quantitative estimate of drug-likeness (QED) is 0.824. The molecule has 1 aliphatic heterocycles. The lowest BCUT2D eigenvalue weighted by Gasteiger charge is -2.34. The second kappa shape index (κ2) is 5.79. The number of ether oxygens (including phenoxy) is 2. The minimum absolute atomic E-state index is 0.0441. The van der Waals surface area contributed by atoms with Gasteiger partial charge in [-0.1, -0.05) is 13.8 Å². The fraction of sp³-hybridized carbons (Fsp3) is 0.538. The third-order valence-corrected chi connectivity index (χ3v) is 4.47. The number of rotatable bonds is 4. The first-order valence-electron chi connectivity index (χ1n) is 6.41. The molecular formula is C13H21N3O2S. The Kier molecular flexibility index (Phi) is 4.31. The molecule has 6 heteroatoms. The maximum Gasteiger partial charge on any atom is 0.162 e. The topological polar surface area (TPSA) is 73.7 Å². The van der Waals surface area contributed by atoms with Gasteiger partial charge in [0, 0.05) is 11.8 Å². The molecular weight excluding hydrogens is 262 g/mol. The first-order chi connectivity index (χ1) is 9.12. The average molecular weight is 283 g/mol. The van der Waals surface area contributed by atoms with Gasteiger partial charge >= 0.3 is 0 Å². The molecule has 0 bridgehead atoms. The van der Waals surface area contributed by atoms with Gasteiger partial charge in [0.2, 0.25) is 0 Å². The van der Waals surface area contributed by atoms with E-state index >= 15 is 0 Å². The normalized spacial score (nSPS) is 18.0. The summed E-state index contributed by atoms with van der Waals surface area (Å²) in [7, 11) is 1.59. The van der Waals surface area contributed by atoms with E-state index in [2.05, 4.69) is 18.7 Å². The molecule has 0 fully saturated rings. The van der Waals surface area contributed by atoms with Crippen molar-refractivity contribution in [2.45, 2.75) is 25.0 Å². The molecule has 5 nitrogen and oxygen atoms in total. The summed E-state index contributed by atoms with van der Waals surface area (Å²) in [5.74, 6) is 2.13. The zero-order valence-corrected chi connectivity index (χ0v) is 12.4. The number of fused-ring (bicyclic) bond motifs is 1.